The monoisotopic (exact) mass is 242 g/mol. The summed E-state index contributed by atoms with van der Waals surface area (Å²) >= 11 is 0. The van der Waals surface area contributed by atoms with Gasteiger partial charge in [0, 0.05) is 13.5 Å². The van der Waals surface area contributed by atoms with Crippen LogP contribution in [0.2, 0.25) is 0 Å². The molecule has 0 saturated heterocycles. The van der Waals surface area contributed by atoms with E-state index in [1.165, 1.54) is 0 Å². The van der Waals surface area contributed by atoms with E-state index < -0.39 is 5.92 Å². The lowest BCUT2D eigenvalue weighted by Crippen LogP contribution is -2.14. The van der Waals surface area contributed by atoms with Gasteiger partial charge >= 0.3 is 5.97 Å². The van der Waals surface area contributed by atoms with Gasteiger partial charge in [0.2, 0.25) is 5.89 Å². The van der Waals surface area contributed by atoms with E-state index in [-0.39, 0.29) is 18.0 Å². The van der Waals surface area contributed by atoms with Crippen LogP contribution in [0.25, 0.3) is 0 Å². The number of aromatic nitrogens is 2. The normalized spacial score (nSPS) is 14.4. The smallest absolute Gasteiger partial charge is 0.318 e. The van der Waals surface area contributed by atoms with Crippen LogP contribution < -0.4 is 0 Å². The van der Waals surface area contributed by atoms with Gasteiger partial charge in [-0.2, -0.15) is 4.98 Å². The zero-order valence-electron chi connectivity index (χ0n) is 10.6. The second kappa shape index (κ2) is 6.34. The highest BCUT2D eigenvalue weighted by Gasteiger charge is 2.23. The van der Waals surface area contributed by atoms with E-state index in [0.29, 0.717) is 18.9 Å². The number of hydrogen-bond acceptors (Lipinski definition) is 6. The van der Waals surface area contributed by atoms with Crippen molar-refractivity contribution in [1.29, 1.82) is 0 Å². The maximum absolute atomic E-state index is 11.5. The molecule has 1 aromatic heterocycles. The second-order valence-electron chi connectivity index (χ2n) is 3.77. The Morgan fingerprint density at radius 3 is 2.76 bits per heavy atom. The molecule has 0 bridgehead atoms. The van der Waals surface area contributed by atoms with Crippen LogP contribution in [-0.2, 0) is 20.7 Å². The first-order chi connectivity index (χ1) is 8.08. The molecule has 0 N–H and O–H groups in total. The average molecular weight is 242 g/mol. The summed E-state index contributed by atoms with van der Waals surface area (Å²) in [5, 5.41) is 3.79. The Kier molecular flexibility index (Phi) is 5.09. The minimum absolute atomic E-state index is 0.0124. The molecule has 96 valence electrons. The van der Waals surface area contributed by atoms with Gasteiger partial charge in [0.15, 0.2) is 5.82 Å². The molecule has 6 heteroatoms. The predicted molar refractivity (Wildman–Crippen MR) is 59.5 cm³/mol. The number of nitrogens with zero attached hydrogens (tertiary/aromatic N) is 2. The molecule has 0 fully saturated rings. The number of esters is 1. The van der Waals surface area contributed by atoms with Crippen molar-refractivity contribution >= 4 is 5.97 Å². The van der Waals surface area contributed by atoms with Gasteiger partial charge in [-0.15, -0.1) is 0 Å². The third-order valence-corrected chi connectivity index (χ3v) is 2.37. The maximum Gasteiger partial charge on any atom is 0.318 e. The summed E-state index contributed by atoms with van der Waals surface area (Å²) in [5.41, 5.74) is 0. The van der Waals surface area contributed by atoms with Crippen molar-refractivity contribution in [1.82, 2.24) is 10.1 Å². The van der Waals surface area contributed by atoms with Crippen LogP contribution in [0.1, 0.15) is 38.4 Å². The van der Waals surface area contributed by atoms with Crippen LogP contribution >= 0.6 is 0 Å². The number of rotatable bonds is 6. The summed E-state index contributed by atoms with van der Waals surface area (Å²) in [6.07, 6.45) is 0.563. The van der Waals surface area contributed by atoms with Gasteiger partial charge in [-0.25, -0.2) is 0 Å². The lowest BCUT2D eigenvalue weighted by atomic mass is 10.2. The first kappa shape index (κ1) is 13.6. The number of carbonyl (C=O) groups excluding carboxylic acids is 1. The van der Waals surface area contributed by atoms with Crippen LogP contribution in [0.3, 0.4) is 0 Å². The minimum Gasteiger partial charge on any atom is -0.465 e. The molecule has 1 rings (SSSR count). The largest absolute Gasteiger partial charge is 0.465 e. The molecule has 2 unspecified atom stereocenters. The Morgan fingerprint density at radius 1 is 1.47 bits per heavy atom. The molecular formula is C11H18N2O4. The highest BCUT2D eigenvalue weighted by molar-refractivity contribution is 5.76. The van der Waals surface area contributed by atoms with E-state index in [1.807, 2.05) is 6.92 Å². The summed E-state index contributed by atoms with van der Waals surface area (Å²) in [6, 6.07) is 0. The fraction of sp³-hybridized carbons (Fsp3) is 0.727. The van der Waals surface area contributed by atoms with Crippen molar-refractivity contribution < 1.29 is 18.8 Å². The molecule has 1 aromatic rings. The molecule has 0 aliphatic rings. The Balaban J connectivity index is 2.64. The highest BCUT2D eigenvalue weighted by atomic mass is 16.5. The fourth-order valence-corrected chi connectivity index (χ4v) is 1.23. The number of hydrogen-bond donors (Lipinski definition) is 0. The predicted octanol–water partition coefficient (Wildman–Crippen LogP) is 1.31. The topological polar surface area (TPSA) is 74.5 Å². The van der Waals surface area contributed by atoms with Crippen LogP contribution in [0, 0.1) is 0 Å². The van der Waals surface area contributed by atoms with Crippen molar-refractivity contribution in [3.8, 4) is 0 Å². The van der Waals surface area contributed by atoms with E-state index in [1.54, 1.807) is 21.0 Å². The summed E-state index contributed by atoms with van der Waals surface area (Å²) in [5.74, 6) is -0.0798. The third kappa shape index (κ3) is 3.81. The van der Waals surface area contributed by atoms with Gasteiger partial charge in [0.05, 0.1) is 12.7 Å². The minimum atomic E-state index is -0.533. The Morgan fingerprint density at radius 2 is 2.18 bits per heavy atom. The first-order valence-electron chi connectivity index (χ1n) is 5.60. The molecule has 0 amide bonds. The van der Waals surface area contributed by atoms with Gasteiger partial charge < -0.3 is 14.0 Å². The maximum atomic E-state index is 11.5. The fourth-order valence-electron chi connectivity index (χ4n) is 1.23. The van der Waals surface area contributed by atoms with E-state index in [4.69, 9.17) is 14.0 Å². The number of carbonyl (C=O) groups is 1. The summed E-state index contributed by atoms with van der Waals surface area (Å²) in [6.45, 7) is 5.68. The van der Waals surface area contributed by atoms with E-state index >= 15 is 0 Å². The molecule has 0 aromatic carbocycles. The van der Waals surface area contributed by atoms with Gasteiger partial charge in [0.1, 0.15) is 5.92 Å². The highest BCUT2D eigenvalue weighted by Crippen LogP contribution is 2.15. The van der Waals surface area contributed by atoms with Gasteiger partial charge in [-0.05, 0) is 20.8 Å². The molecule has 17 heavy (non-hydrogen) atoms. The molecule has 1 heterocycles. The molecule has 0 aliphatic carbocycles. The lowest BCUT2D eigenvalue weighted by Gasteiger charge is -2.05. The quantitative estimate of drug-likeness (QED) is 0.700. The molecule has 6 nitrogen and oxygen atoms in total. The number of methoxy groups -OCH3 is 1. The standard InChI is InChI=1S/C11H18N2O4/c1-5-16-11(14)8(3)10-12-9(13-17-10)6-7(2)15-4/h7-8H,5-6H2,1-4H3. The third-order valence-electron chi connectivity index (χ3n) is 2.37. The Labute approximate surface area is 100 Å². The van der Waals surface area contributed by atoms with Crippen molar-refractivity contribution in [2.45, 2.75) is 39.2 Å². The van der Waals surface area contributed by atoms with Crippen LogP contribution in [0.15, 0.2) is 4.52 Å². The second-order valence-corrected chi connectivity index (χ2v) is 3.77. The van der Waals surface area contributed by atoms with Crippen molar-refractivity contribution in [2.24, 2.45) is 0 Å². The molecule has 0 radical (unpaired) electrons. The van der Waals surface area contributed by atoms with E-state index in [0.717, 1.165) is 0 Å². The van der Waals surface area contributed by atoms with Crippen LogP contribution in [0.5, 0.6) is 0 Å². The average Bonchev–Trinajstić information content (AvgIpc) is 2.76. The summed E-state index contributed by atoms with van der Waals surface area (Å²) in [4.78, 5) is 15.6. The van der Waals surface area contributed by atoms with Crippen molar-refractivity contribution in [3.63, 3.8) is 0 Å². The van der Waals surface area contributed by atoms with Gasteiger partial charge in [-0.3, -0.25) is 4.79 Å². The van der Waals surface area contributed by atoms with Crippen molar-refractivity contribution in [2.75, 3.05) is 13.7 Å². The molecule has 0 spiro atoms. The SMILES string of the molecule is CCOC(=O)C(C)c1nc(CC(C)OC)no1. The van der Waals surface area contributed by atoms with Gasteiger partial charge in [0.25, 0.3) is 0 Å². The summed E-state index contributed by atoms with van der Waals surface area (Å²) < 4.78 is 15.0. The van der Waals surface area contributed by atoms with Crippen LogP contribution in [-0.4, -0.2) is 35.9 Å². The summed E-state index contributed by atoms with van der Waals surface area (Å²) in [7, 11) is 1.62. The Bertz CT molecular complexity index is 364. The zero-order chi connectivity index (χ0) is 12.8. The molecule has 0 saturated carbocycles. The van der Waals surface area contributed by atoms with E-state index in [2.05, 4.69) is 10.1 Å². The number of ether oxygens (including phenoxy) is 2. The van der Waals surface area contributed by atoms with Crippen molar-refractivity contribution in [3.05, 3.63) is 11.7 Å². The first-order valence-corrected chi connectivity index (χ1v) is 5.60. The zero-order valence-corrected chi connectivity index (χ0v) is 10.6. The molecular weight excluding hydrogens is 224 g/mol. The van der Waals surface area contributed by atoms with Gasteiger partial charge in [-0.1, -0.05) is 5.16 Å². The van der Waals surface area contributed by atoms with E-state index in [9.17, 15) is 4.79 Å². The Hall–Kier alpha value is -1.43. The molecule has 0 aliphatic heterocycles. The molecule has 2 atom stereocenters. The van der Waals surface area contributed by atoms with Crippen LogP contribution in [0.4, 0.5) is 0 Å². The lowest BCUT2D eigenvalue weighted by molar-refractivity contribution is -0.145.